The number of hydrogen-bond acceptors (Lipinski definition) is 2. The van der Waals surface area contributed by atoms with Crippen molar-refractivity contribution in [2.24, 2.45) is 0 Å². The second-order valence-electron chi connectivity index (χ2n) is 1.92. The van der Waals surface area contributed by atoms with Crippen LogP contribution in [0.25, 0.3) is 0 Å². The van der Waals surface area contributed by atoms with Crippen LogP contribution in [0.5, 0.6) is 0 Å². The molecule has 0 aliphatic carbocycles. The molecular weight excluding hydrogens is 132 g/mol. The molecule has 0 heterocycles. The molecule has 0 amide bonds. The molecule has 0 aliphatic heterocycles. The van der Waals surface area contributed by atoms with Crippen molar-refractivity contribution in [2.45, 2.75) is 19.3 Å². The van der Waals surface area contributed by atoms with Gasteiger partial charge in [0.2, 0.25) is 0 Å². The summed E-state index contributed by atoms with van der Waals surface area (Å²) in [6, 6.07) is 0. The van der Waals surface area contributed by atoms with Crippen molar-refractivity contribution >= 4 is 11.8 Å². The molecule has 10 heavy (non-hydrogen) atoms. The number of allylic oxidation sites excluding steroid dienone is 1. The second kappa shape index (κ2) is 4.73. The van der Waals surface area contributed by atoms with E-state index in [-0.39, 0.29) is 18.6 Å². The van der Waals surface area contributed by atoms with Gasteiger partial charge in [-0.3, -0.25) is 9.59 Å². The quantitative estimate of drug-likeness (QED) is 0.582. The molecule has 0 aliphatic rings. The predicted octanol–water partition coefficient (Wildman–Crippen LogP) is 0.996. The van der Waals surface area contributed by atoms with Gasteiger partial charge in [-0.15, -0.1) is 0 Å². The lowest BCUT2D eigenvalue weighted by Gasteiger charge is -1.90. The highest BCUT2D eigenvalue weighted by molar-refractivity contribution is 5.89. The van der Waals surface area contributed by atoms with Crippen molar-refractivity contribution in [1.82, 2.24) is 0 Å². The zero-order valence-electron chi connectivity index (χ0n) is 5.67. The number of ketones is 1. The van der Waals surface area contributed by atoms with Gasteiger partial charge in [0, 0.05) is 12.8 Å². The Morgan fingerprint density at radius 1 is 1.40 bits per heavy atom. The van der Waals surface area contributed by atoms with Crippen LogP contribution in [-0.4, -0.2) is 16.9 Å². The van der Waals surface area contributed by atoms with E-state index in [1.807, 2.05) is 0 Å². The molecule has 0 fully saturated rings. The Kier molecular flexibility index (Phi) is 4.20. The minimum Gasteiger partial charge on any atom is -0.481 e. The molecule has 0 rings (SSSR count). The molecule has 56 valence electrons. The molecule has 0 aromatic rings. The fourth-order valence-electron chi connectivity index (χ4n) is 0.516. The maximum absolute atomic E-state index is 10.5. The van der Waals surface area contributed by atoms with Crippen LogP contribution in [0.15, 0.2) is 12.7 Å². The molecule has 0 aromatic heterocycles. The van der Waals surface area contributed by atoms with E-state index < -0.39 is 5.97 Å². The van der Waals surface area contributed by atoms with Gasteiger partial charge >= 0.3 is 5.97 Å². The SMILES string of the molecule is C=CC(=O)CCCC(=O)O. The maximum Gasteiger partial charge on any atom is 0.303 e. The van der Waals surface area contributed by atoms with Crippen molar-refractivity contribution in [3.8, 4) is 0 Å². The Labute approximate surface area is 59.4 Å². The first kappa shape index (κ1) is 8.88. The van der Waals surface area contributed by atoms with E-state index in [2.05, 4.69) is 6.58 Å². The van der Waals surface area contributed by atoms with Gasteiger partial charge < -0.3 is 5.11 Å². The third-order valence-corrected chi connectivity index (χ3v) is 1.04. The normalized spacial score (nSPS) is 8.80. The summed E-state index contributed by atoms with van der Waals surface area (Å²) in [6.07, 6.45) is 1.96. The Morgan fingerprint density at radius 3 is 2.40 bits per heavy atom. The maximum atomic E-state index is 10.5. The van der Waals surface area contributed by atoms with Crippen LogP contribution in [0.2, 0.25) is 0 Å². The van der Waals surface area contributed by atoms with E-state index in [1.54, 1.807) is 0 Å². The lowest BCUT2D eigenvalue weighted by atomic mass is 10.2. The Balaban J connectivity index is 3.28. The van der Waals surface area contributed by atoms with Crippen molar-refractivity contribution in [3.63, 3.8) is 0 Å². The number of carbonyl (C=O) groups excluding carboxylic acids is 1. The van der Waals surface area contributed by atoms with Crippen LogP contribution in [0.1, 0.15) is 19.3 Å². The molecule has 0 saturated carbocycles. The molecule has 1 N–H and O–H groups in total. The van der Waals surface area contributed by atoms with E-state index in [4.69, 9.17) is 5.11 Å². The third-order valence-electron chi connectivity index (χ3n) is 1.04. The molecule has 3 heteroatoms. The highest BCUT2D eigenvalue weighted by Crippen LogP contribution is 1.96. The van der Waals surface area contributed by atoms with Crippen molar-refractivity contribution in [2.75, 3.05) is 0 Å². The summed E-state index contributed by atoms with van der Waals surface area (Å²) < 4.78 is 0. The van der Waals surface area contributed by atoms with E-state index in [0.717, 1.165) is 0 Å². The smallest absolute Gasteiger partial charge is 0.303 e. The number of carboxylic acids is 1. The molecule has 0 bridgehead atoms. The zero-order valence-corrected chi connectivity index (χ0v) is 5.67. The van der Waals surface area contributed by atoms with Crippen LogP contribution < -0.4 is 0 Å². The number of hydrogen-bond donors (Lipinski definition) is 1. The number of carboxylic acid groups (broad SMARTS) is 1. The average molecular weight is 142 g/mol. The summed E-state index contributed by atoms with van der Waals surface area (Å²) in [4.78, 5) is 20.4. The van der Waals surface area contributed by atoms with Gasteiger partial charge in [-0.25, -0.2) is 0 Å². The summed E-state index contributed by atoms with van der Waals surface area (Å²) in [5.41, 5.74) is 0. The second-order valence-corrected chi connectivity index (χ2v) is 1.92. The standard InChI is InChI=1S/C7H10O3/c1-2-6(8)4-3-5-7(9)10/h2H,1,3-5H2,(H,9,10). The first-order valence-corrected chi connectivity index (χ1v) is 3.04. The number of rotatable bonds is 5. The van der Waals surface area contributed by atoms with Gasteiger partial charge in [-0.2, -0.15) is 0 Å². The molecule has 0 saturated heterocycles. The van der Waals surface area contributed by atoms with Gasteiger partial charge in [-0.1, -0.05) is 6.58 Å². The highest BCUT2D eigenvalue weighted by atomic mass is 16.4. The van der Waals surface area contributed by atoms with E-state index in [9.17, 15) is 9.59 Å². The van der Waals surface area contributed by atoms with Crippen molar-refractivity contribution in [1.29, 1.82) is 0 Å². The summed E-state index contributed by atoms with van der Waals surface area (Å²) in [5.74, 6) is -0.960. The third kappa shape index (κ3) is 5.03. The monoisotopic (exact) mass is 142 g/mol. The number of carbonyl (C=O) groups is 2. The molecule has 0 unspecified atom stereocenters. The molecule has 0 aromatic carbocycles. The minimum atomic E-state index is -0.864. The van der Waals surface area contributed by atoms with Crippen LogP contribution in [-0.2, 0) is 9.59 Å². The molecular formula is C7H10O3. The van der Waals surface area contributed by atoms with Gasteiger partial charge in [0.1, 0.15) is 0 Å². The predicted molar refractivity (Wildman–Crippen MR) is 36.7 cm³/mol. The van der Waals surface area contributed by atoms with E-state index >= 15 is 0 Å². The van der Waals surface area contributed by atoms with Gasteiger partial charge in [0.15, 0.2) is 5.78 Å². The summed E-state index contributed by atoms with van der Waals surface area (Å²) in [7, 11) is 0. The minimum absolute atomic E-state index is 0.0551. The molecule has 0 atom stereocenters. The molecule has 0 spiro atoms. The van der Waals surface area contributed by atoms with Gasteiger partial charge in [0.05, 0.1) is 0 Å². The average Bonchev–Trinajstić information content (AvgIpc) is 1.87. The first-order valence-electron chi connectivity index (χ1n) is 3.04. The fourth-order valence-corrected chi connectivity index (χ4v) is 0.516. The fraction of sp³-hybridized carbons (Fsp3) is 0.429. The van der Waals surface area contributed by atoms with E-state index in [0.29, 0.717) is 6.42 Å². The van der Waals surface area contributed by atoms with Crippen LogP contribution >= 0.6 is 0 Å². The lowest BCUT2D eigenvalue weighted by molar-refractivity contribution is -0.137. The largest absolute Gasteiger partial charge is 0.481 e. The van der Waals surface area contributed by atoms with E-state index in [1.165, 1.54) is 6.08 Å². The molecule has 0 radical (unpaired) electrons. The highest BCUT2D eigenvalue weighted by Gasteiger charge is 1.98. The molecule has 3 nitrogen and oxygen atoms in total. The Bertz CT molecular complexity index is 149. The Morgan fingerprint density at radius 2 is 2.00 bits per heavy atom. The zero-order chi connectivity index (χ0) is 7.98. The van der Waals surface area contributed by atoms with Crippen LogP contribution in [0.4, 0.5) is 0 Å². The Hall–Kier alpha value is -1.12. The van der Waals surface area contributed by atoms with Crippen molar-refractivity contribution in [3.05, 3.63) is 12.7 Å². The topological polar surface area (TPSA) is 54.4 Å². The summed E-state index contributed by atoms with van der Waals surface area (Å²) in [5, 5.41) is 8.16. The number of aliphatic carboxylic acids is 1. The van der Waals surface area contributed by atoms with Crippen LogP contribution in [0, 0.1) is 0 Å². The first-order chi connectivity index (χ1) is 4.66. The van der Waals surface area contributed by atoms with Gasteiger partial charge in [0.25, 0.3) is 0 Å². The van der Waals surface area contributed by atoms with Crippen LogP contribution in [0.3, 0.4) is 0 Å². The summed E-state index contributed by atoms with van der Waals surface area (Å²) in [6.45, 7) is 3.26. The van der Waals surface area contributed by atoms with Crippen molar-refractivity contribution < 1.29 is 14.7 Å². The summed E-state index contributed by atoms with van der Waals surface area (Å²) >= 11 is 0. The lowest BCUT2D eigenvalue weighted by Crippen LogP contribution is -1.97. The van der Waals surface area contributed by atoms with Gasteiger partial charge in [-0.05, 0) is 12.5 Å².